The van der Waals surface area contributed by atoms with Crippen LogP contribution in [0, 0.1) is 6.92 Å². The molecule has 0 bridgehead atoms. The van der Waals surface area contributed by atoms with Crippen LogP contribution in [0.4, 0.5) is 0 Å². The van der Waals surface area contributed by atoms with E-state index in [0.717, 1.165) is 4.88 Å². The highest BCUT2D eigenvalue weighted by Gasteiger charge is 2.04. The molecule has 10 heavy (non-hydrogen) atoms. The van der Waals surface area contributed by atoms with E-state index >= 15 is 0 Å². The molecule has 1 rings (SSSR count). The van der Waals surface area contributed by atoms with Crippen molar-refractivity contribution in [1.29, 1.82) is 0 Å². The van der Waals surface area contributed by atoms with Crippen LogP contribution in [0.5, 0.6) is 0 Å². The number of aliphatic hydroxyl groups excluding tert-OH is 1. The Morgan fingerprint density at radius 3 is 2.80 bits per heavy atom. The van der Waals surface area contributed by atoms with Gasteiger partial charge in [-0.2, -0.15) is 0 Å². The first-order valence-corrected chi connectivity index (χ1v) is 3.98. The van der Waals surface area contributed by atoms with Crippen molar-refractivity contribution < 1.29 is 5.11 Å². The smallest absolute Gasteiger partial charge is 0.0632 e. The quantitative estimate of drug-likeness (QED) is 0.674. The van der Waals surface area contributed by atoms with Gasteiger partial charge >= 0.3 is 0 Å². The van der Waals surface area contributed by atoms with E-state index in [2.05, 4.69) is 0 Å². The molecule has 1 heterocycles. The highest BCUT2D eigenvalue weighted by Crippen LogP contribution is 2.20. The third kappa shape index (κ3) is 1.56. The summed E-state index contributed by atoms with van der Waals surface area (Å²) in [5, 5.41) is 8.68. The zero-order chi connectivity index (χ0) is 7.56. The van der Waals surface area contributed by atoms with Crippen molar-refractivity contribution in [2.45, 2.75) is 13.0 Å². The molecular formula is C7H11NOS. The van der Waals surface area contributed by atoms with Crippen LogP contribution in [0.25, 0.3) is 0 Å². The molecule has 0 saturated heterocycles. The summed E-state index contributed by atoms with van der Waals surface area (Å²) in [6.07, 6.45) is 0. The number of aryl methyl sites for hydroxylation is 1. The number of thiophene rings is 1. The molecule has 0 aliphatic carbocycles. The van der Waals surface area contributed by atoms with Crippen LogP contribution < -0.4 is 5.73 Å². The molecule has 0 aliphatic heterocycles. The van der Waals surface area contributed by atoms with Gasteiger partial charge < -0.3 is 10.8 Å². The molecule has 1 atom stereocenters. The van der Waals surface area contributed by atoms with E-state index in [1.54, 1.807) is 11.3 Å². The molecule has 0 spiro atoms. The van der Waals surface area contributed by atoms with Gasteiger partial charge in [-0.3, -0.25) is 0 Å². The molecule has 1 aromatic heterocycles. The lowest BCUT2D eigenvalue weighted by Crippen LogP contribution is -2.12. The molecule has 3 heteroatoms. The zero-order valence-electron chi connectivity index (χ0n) is 5.87. The van der Waals surface area contributed by atoms with Gasteiger partial charge in [-0.05, 0) is 19.1 Å². The van der Waals surface area contributed by atoms with E-state index in [-0.39, 0.29) is 12.6 Å². The standard InChI is InChI=1S/C7H11NOS/c1-5-2-3-7(10-5)6(8)4-9/h2-3,6,9H,4,8H2,1H3/t6-/m1/s1. The van der Waals surface area contributed by atoms with Crippen molar-refractivity contribution in [2.24, 2.45) is 5.73 Å². The van der Waals surface area contributed by atoms with Crippen LogP contribution in [0.1, 0.15) is 15.8 Å². The Balaban J connectivity index is 2.74. The summed E-state index contributed by atoms with van der Waals surface area (Å²) in [5.74, 6) is 0. The van der Waals surface area contributed by atoms with Crippen LogP contribution in [-0.4, -0.2) is 11.7 Å². The lowest BCUT2D eigenvalue weighted by atomic mass is 10.3. The highest BCUT2D eigenvalue weighted by atomic mass is 32.1. The molecule has 0 amide bonds. The van der Waals surface area contributed by atoms with Crippen LogP contribution in [0.2, 0.25) is 0 Å². The predicted octanol–water partition coefficient (Wildman–Crippen LogP) is 1.05. The fourth-order valence-corrected chi connectivity index (χ4v) is 1.61. The average molecular weight is 157 g/mol. The van der Waals surface area contributed by atoms with E-state index in [4.69, 9.17) is 10.8 Å². The van der Waals surface area contributed by atoms with E-state index in [1.807, 2.05) is 19.1 Å². The Morgan fingerprint density at radius 2 is 2.40 bits per heavy atom. The van der Waals surface area contributed by atoms with Gasteiger partial charge in [0.15, 0.2) is 0 Å². The van der Waals surface area contributed by atoms with Gasteiger partial charge in [-0.15, -0.1) is 11.3 Å². The summed E-state index contributed by atoms with van der Waals surface area (Å²) in [6.45, 7) is 2.05. The molecule has 56 valence electrons. The Bertz CT molecular complexity index is 209. The van der Waals surface area contributed by atoms with Gasteiger partial charge in [-0.1, -0.05) is 0 Å². The van der Waals surface area contributed by atoms with Gasteiger partial charge in [0.2, 0.25) is 0 Å². The Labute approximate surface area is 64.3 Å². The van der Waals surface area contributed by atoms with Crippen molar-refractivity contribution in [3.8, 4) is 0 Å². The molecule has 0 fully saturated rings. The minimum absolute atomic E-state index is 0.0277. The van der Waals surface area contributed by atoms with E-state index in [1.165, 1.54) is 4.88 Å². The number of rotatable bonds is 2. The minimum Gasteiger partial charge on any atom is -0.394 e. The van der Waals surface area contributed by atoms with E-state index in [0.29, 0.717) is 0 Å². The van der Waals surface area contributed by atoms with Crippen LogP contribution >= 0.6 is 11.3 Å². The Kier molecular flexibility index (Phi) is 2.43. The normalized spacial score (nSPS) is 13.5. The SMILES string of the molecule is Cc1ccc([C@H](N)CO)s1. The van der Waals surface area contributed by atoms with Crippen molar-refractivity contribution in [3.05, 3.63) is 21.9 Å². The van der Waals surface area contributed by atoms with Crippen LogP contribution in [0.3, 0.4) is 0 Å². The minimum atomic E-state index is -0.196. The lowest BCUT2D eigenvalue weighted by molar-refractivity contribution is 0.269. The molecule has 0 unspecified atom stereocenters. The molecular weight excluding hydrogens is 146 g/mol. The Hall–Kier alpha value is -0.380. The summed E-state index contributed by atoms with van der Waals surface area (Å²) in [5.41, 5.74) is 5.57. The third-order valence-corrected chi connectivity index (χ3v) is 2.46. The molecule has 0 aromatic carbocycles. The van der Waals surface area contributed by atoms with Crippen molar-refractivity contribution in [2.75, 3.05) is 6.61 Å². The van der Waals surface area contributed by atoms with Crippen LogP contribution in [-0.2, 0) is 0 Å². The van der Waals surface area contributed by atoms with Crippen LogP contribution in [0.15, 0.2) is 12.1 Å². The molecule has 0 saturated carbocycles. The summed E-state index contributed by atoms with van der Waals surface area (Å²) in [6, 6.07) is 3.77. The second-order valence-corrected chi connectivity index (χ2v) is 3.56. The largest absolute Gasteiger partial charge is 0.394 e. The topological polar surface area (TPSA) is 46.2 Å². The van der Waals surface area contributed by atoms with E-state index in [9.17, 15) is 0 Å². The van der Waals surface area contributed by atoms with Crippen molar-refractivity contribution in [1.82, 2.24) is 0 Å². The molecule has 0 aliphatic rings. The van der Waals surface area contributed by atoms with Gasteiger partial charge in [0, 0.05) is 9.75 Å². The zero-order valence-corrected chi connectivity index (χ0v) is 6.69. The first-order chi connectivity index (χ1) is 4.74. The third-order valence-electron chi connectivity index (χ3n) is 1.32. The fraction of sp³-hybridized carbons (Fsp3) is 0.429. The first kappa shape index (κ1) is 7.72. The summed E-state index contributed by atoms with van der Waals surface area (Å²) >= 11 is 1.64. The first-order valence-electron chi connectivity index (χ1n) is 3.17. The maximum atomic E-state index is 8.68. The summed E-state index contributed by atoms with van der Waals surface area (Å²) in [7, 11) is 0. The summed E-state index contributed by atoms with van der Waals surface area (Å²) in [4.78, 5) is 2.29. The molecule has 3 N–H and O–H groups in total. The van der Waals surface area contributed by atoms with Gasteiger partial charge in [0.25, 0.3) is 0 Å². The maximum absolute atomic E-state index is 8.68. The molecule has 0 radical (unpaired) electrons. The van der Waals surface area contributed by atoms with Crippen molar-refractivity contribution >= 4 is 11.3 Å². The second-order valence-electron chi connectivity index (χ2n) is 2.24. The van der Waals surface area contributed by atoms with Gasteiger partial charge in [0.1, 0.15) is 0 Å². The van der Waals surface area contributed by atoms with Gasteiger partial charge in [0.05, 0.1) is 12.6 Å². The predicted molar refractivity (Wildman–Crippen MR) is 43.1 cm³/mol. The second kappa shape index (κ2) is 3.14. The van der Waals surface area contributed by atoms with Gasteiger partial charge in [-0.25, -0.2) is 0 Å². The number of hydrogen-bond acceptors (Lipinski definition) is 3. The Morgan fingerprint density at radius 1 is 1.70 bits per heavy atom. The number of hydrogen-bond donors (Lipinski definition) is 2. The summed E-state index contributed by atoms with van der Waals surface area (Å²) < 4.78 is 0. The number of nitrogens with two attached hydrogens (primary N) is 1. The molecule has 1 aromatic rings. The monoisotopic (exact) mass is 157 g/mol. The van der Waals surface area contributed by atoms with E-state index < -0.39 is 0 Å². The molecule has 2 nitrogen and oxygen atoms in total. The lowest BCUT2D eigenvalue weighted by Gasteiger charge is -2.02. The highest BCUT2D eigenvalue weighted by molar-refractivity contribution is 7.12. The number of aliphatic hydroxyl groups is 1. The average Bonchev–Trinajstić information content (AvgIpc) is 2.34. The van der Waals surface area contributed by atoms with Crippen molar-refractivity contribution in [3.63, 3.8) is 0 Å². The fourth-order valence-electron chi connectivity index (χ4n) is 0.743. The maximum Gasteiger partial charge on any atom is 0.0632 e.